The van der Waals surface area contributed by atoms with Crippen molar-refractivity contribution in [2.45, 2.75) is 25.6 Å². The van der Waals surface area contributed by atoms with Gasteiger partial charge in [-0.05, 0) is 31.5 Å². The normalized spacial score (nSPS) is 10.9. The van der Waals surface area contributed by atoms with Gasteiger partial charge in [-0.2, -0.15) is 0 Å². The van der Waals surface area contributed by atoms with Gasteiger partial charge >= 0.3 is 0 Å². The minimum atomic E-state index is -0.456. The topological polar surface area (TPSA) is 81.4 Å². The molecular formula is C18H19FN4O3S2. The molecule has 0 N–H and O–H groups in total. The minimum absolute atomic E-state index is 0.134. The quantitative estimate of drug-likeness (QED) is 0.537. The van der Waals surface area contributed by atoms with E-state index >= 15 is 0 Å². The lowest BCUT2D eigenvalue weighted by molar-refractivity contribution is -0.127. The van der Waals surface area contributed by atoms with Gasteiger partial charge in [-0.25, -0.2) is 9.37 Å². The molecule has 3 rings (SSSR count). The molecule has 2 aromatic heterocycles. The summed E-state index contributed by atoms with van der Waals surface area (Å²) >= 11 is 2.65. The van der Waals surface area contributed by atoms with E-state index in [2.05, 4.69) is 15.2 Å². The molecule has 0 bridgehead atoms. The van der Waals surface area contributed by atoms with Crippen molar-refractivity contribution in [3.8, 4) is 16.5 Å². The number of thioether (sulfide) groups is 1. The van der Waals surface area contributed by atoms with Gasteiger partial charge in [-0.15, -0.1) is 21.5 Å². The predicted molar refractivity (Wildman–Crippen MR) is 105 cm³/mol. The van der Waals surface area contributed by atoms with Gasteiger partial charge in [-0.1, -0.05) is 17.8 Å². The highest BCUT2D eigenvalue weighted by molar-refractivity contribution is 7.99. The number of aromatic nitrogens is 3. The number of amides is 1. The summed E-state index contributed by atoms with van der Waals surface area (Å²) in [5.74, 6) is 0.122. The second kappa shape index (κ2) is 8.70. The number of benzene rings is 1. The Kier molecular flexibility index (Phi) is 6.30. The predicted octanol–water partition coefficient (Wildman–Crippen LogP) is 3.71. The first-order valence-corrected chi connectivity index (χ1v) is 10.1. The SMILES string of the molecule is COc1ccc(CN(C)C(=O)CSc2nnc(-c3sc(C)nc3C)o2)cc1F. The molecular weight excluding hydrogens is 403 g/mol. The Morgan fingerprint density at radius 3 is 2.79 bits per heavy atom. The third-order valence-corrected chi connectivity index (χ3v) is 5.75. The molecule has 2 heterocycles. The maximum atomic E-state index is 13.8. The van der Waals surface area contributed by atoms with Gasteiger partial charge in [-0.3, -0.25) is 4.79 Å². The van der Waals surface area contributed by atoms with Crippen molar-refractivity contribution in [1.82, 2.24) is 20.1 Å². The van der Waals surface area contributed by atoms with Gasteiger partial charge in [0.05, 0.1) is 23.6 Å². The zero-order chi connectivity index (χ0) is 20.3. The maximum absolute atomic E-state index is 13.8. The van der Waals surface area contributed by atoms with Crippen LogP contribution in [0.5, 0.6) is 5.75 Å². The summed E-state index contributed by atoms with van der Waals surface area (Å²) < 4.78 is 24.3. The van der Waals surface area contributed by atoms with Crippen molar-refractivity contribution in [1.29, 1.82) is 0 Å². The average Bonchev–Trinajstić information content (AvgIpc) is 3.25. The van der Waals surface area contributed by atoms with Gasteiger partial charge in [0.25, 0.3) is 11.1 Å². The lowest BCUT2D eigenvalue weighted by atomic mass is 10.2. The van der Waals surface area contributed by atoms with E-state index in [0.717, 1.165) is 27.3 Å². The van der Waals surface area contributed by atoms with Crippen LogP contribution in [-0.2, 0) is 11.3 Å². The average molecular weight is 423 g/mol. The van der Waals surface area contributed by atoms with Crippen LogP contribution in [0.25, 0.3) is 10.8 Å². The molecule has 0 spiro atoms. The molecule has 0 aliphatic carbocycles. The molecule has 148 valence electrons. The standard InChI is InChI=1S/C18H19FN4O3S2/c1-10-16(28-11(2)20-10)17-21-22-18(26-17)27-9-15(24)23(3)8-12-5-6-14(25-4)13(19)7-12/h5-7H,8-9H2,1-4H3. The number of thiazole rings is 1. The largest absolute Gasteiger partial charge is 0.494 e. The molecule has 7 nitrogen and oxygen atoms in total. The first-order chi connectivity index (χ1) is 13.4. The van der Waals surface area contributed by atoms with Gasteiger partial charge in [0.1, 0.15) is 4.88 Å². The van der Waals surface area contributed by atoms with Crippen molar-refractivity contribution in [2.24, 2.45) is 0 Å². The van der Waals surface area contributed by atoms with E-state index in [1.54, 1.807) is 19.2 Å². The number of nitrogens with zero attached hydrogens (tertiary/aromatic N) is 4. The van der Waals surface area contributed by atoms with Crippen molar-refractivity contribution in [3.05, 3.63) is 40.3 Å². The number of aryl methyl sites for hydroxylation is 2. The van der Waals surface area contributed by atoms with Gasteiger partial charge in [0, 0.05) is 13.6 Å². The molecule has 3 aromatic rings. The Morgan fingerprint density at radius 1 is 1.36 bits per heavy atom. The highest BCUT2D eigenvalue weighted by Gasteiger charge is 2.17. The van der Waals surface area contributed by atoms with Crippen LogP contribution >= 0.6 is 23.1 Å². The lowest BCUT2D eigenvalue weighted by Crippen LogP contribution is -2.27. The molecule has 0 unspecified atom stereocenters. The smallest absolute Gasteiger partial charge is 0.277 e. The Balaban J connectivity index is 1.56. The number of carbonyl (C=O) groups excluding carboxylic acids is 1. The van der Waals surface area contributed by atoms with Crippen molar-refractivity contribution in [2.75, 3.05) is 19.9 Å². The molecule has 0 atom stereocenters. The second-order valence-electron chi connectivity index (χ2n) is 6.03. The number of ether oxygens (including phenoxy) is 1. The van der Waals surface area contributed by atoms with Crippen molar-refractivity contribution >= 4 is 29.0 Å². The number of hydrogen-bond acceptors (Lipinski definition) is 8. The molecule has 0 saturated heterocycles. The Bertz CT molecular complexity index is 989. The minimum Gasteiger partial charge on any atom is -0.494 e. The summed E-state index contributed by atoms with van der Waals surface area (Å²) in [6.07, 6.45) is 0. The fourth-order valence-electron chi connectivity index (χ4n) is 2.49. The summed E-state index contributed by atoms with van der Waals surface area (Å²) in [5, 5.41) is 9.25. The van der Waals surface area contributed by atoms with Crippen LogP contribution in [0.15, 0.2) is 27.8 Å². The van der Waals surface area contributed by atoms with Gasteiger partial charge < -0.3 is 14.1 Å². The fraction of sp³-hybridized carbons (Fsp3) is 0.333. The molecule has 1 amide bonds. The number of methoxy groups -OCH3 is 1. The monoisotopic (exact) mass is 422 g/mol. The summed E-state index contributed by atoms with van der Waals surface area (Å²) in [6.45, 7) is 4.08. The zero-order valence-corrected chi connectivity index (χ0v) is 17.5. The first kappa shape index (κ1) is 20.3. The summed E-state index contributed by atoms with van der Waals surface area (Å²) in [6, 6.07) is 4.63. The molecule has 10 heteroatoms. The highest BCUT2D eigenvalue weighted by Crippen LogP contribution is 2.30. The van der Waals surface area contributed by atoms with Crippen LogP contribution in [0.1, 0.15) is 16.3 Å². The Labute approximate surface area is 169 Å². The number of carbonyl (C=O) groups is 1. The van der Waals surface area contributed by atoms with Gasteiger partial charge in [0.2, 0.25) is 5.91 Å². The molecule has 28 heavy (non-hydrogen) atoms. The maximum Gasteiger partial charge on any atom is 0.277 e. The van der Waals surface area contributed by atoms with Crippen LogP contribution < -0.4 is 4.74 Å². The van der Waals surface area contributed by atoms with E-state index in [0.29, 0.717) is 16.7 Å². The van der Waals surface area contributed by atoms with E-state index < -0.39 is 5.82 Å². The zero-order valence-electron chi connectivity index (χ0n) is 15.9. The summed E-state index contributed by atoms with van der Waals surface area (Å²) in [4.78, 5) is 19.0. The highest BCUT2D eigenvalue weighted by atomic mass is 32.2. The first-order valence-electron chi connectivity index (χ1n) is 8.34. The third kappa shape index (κ3) is 4.68. The van der Waals surface area contributed by atoms with Crippen molar-refractivity contribution < 1.29 is 18.3 Å². The van der Waals surface area contributed by atoms with Crippen LogP contribution in [0.4, 0.5) is 4.39 Å². The summed E-state index contributed by atoms with van der Waals surface area (Å²) in [7, 11) is 3.07. The molecule has 0 radical (unpaired) electrons. The van der Waals surface area contributed by atoms with E-state index in [1.165, 1.54) is 29.4 Å². The van der Waals surface area contributed by atoms with Crippen LogP contribution in [-0.4, -0.2) is 45.9 Å². The van der Waals surface area contributed by atoms with Crippen molar-refractivity contribution in [3.63, 3.8) is 0 Å². The number of rotatable bonds is 7. The fourth-order valence-corrected chi connectivity index (χ4v) is 4.04. The second-order valence-corrected chi connectivity index (χ2v) is 8.16. The molecule has 0 aliphatic heterocycles. The Hall–Kier alpha value is -2.46. The van der Waals surface area contributed by atoms with E-state index in [-0.39, 0.29) is 24.0 Å². The third-order valence-electron chi connectivity index (χ3n) is 3.89. The number of halogens is 1. The van der Waals surface area contributed by atoms with Gasteiger partial charge in [0.15, 0.2) is 11.6 Å². The molecule has 1 aromatic carbocycles. The van der Waals surface area contributed by atoms with E-state index in [9.17, 15) is 9.18 Å². The van der Waals surface area contributed by atoms with Crippen LogP contribution in [0.3, 0.4) is 0 Å². The summed E-state index contributed by atoms with van der Waals surface area (Å²) in [5.41, 5.74) is 1.51. The molecule has 0 saturated carbocycles. The molecule has 0 aliphatic rings. The van der Waals surface area contributed by atoms with E-state index in [4.69, 9.17) is 9.15 Å². The number of hydrogen-bond donors (Lipinski definition) is 0. The lowest BCUT2D eigenvalue weighted by Gasteiger charge is -2.17. The van der Waals surface area contributed by atoms with Crippen LogP contribution in [0, 0.1) is 19.7 Å². The van der Waals surface area contributed by atoms with Crippen LogP contribution in [0.2, 0.25) is 0 Å². The van der Waals surface area contributed by atoms with E-state index in [1.807, 2.05) is 13.8 Å². The molecule has 0 fully saturated rings. The Morgan fingerprint density at radius 2 is 2.14 bits per heavy atom.